The summed E-state index contributed by atoms with van der Waals surface area (Å²) >= 11 is 0. The van der Waals surface area contributed by atoms with Crippen molar-refractivity contribution < 1.29 is 0 Å². The number of rotatable bonds is 4. The van der Waals surface area contributed by atoms with E-state index >= 15 is 0 Å². The first kappa shape index (κ1) is 16.2. The molecular formula is C20H20N4. The lowest BCUT2D eigenvalue weighted by atomic mass is 10.1. The first-order chi connectivity index (χ1) is 11.8. The zero-order valence-corrected chi connectivity index (χ0v) is 13.7. The smallest absolute Gasteiger partial charge is 0.0991 e. The van der Waals surface area contributed by atoms with Crippen LogP contribution in [-0.4, -0.2) is 36.0 Å². The Morgan fingerprint density at radius 1 is 0.708 bits per heavy atom. The maximum Gasteiger partial charge on any atom is 0.0991 e. The van der Waals surface area contributed by atoms with E-state index in [1.54, 1.807) is 0 Å². The summed E-state index contributed by atoms with van der Waals surface area (Å²) in [6.45, 7) is 5.88. The number of hydrogen-bond acceptors (Lipinski definition) is 4. The first-order valence-corrected chi connectivity index (χ1v) is 8.19. The van der Waals surface area contributed by atoms with Gasteiger partial charge in [0.2, 0.25) is 0 Å². The van der Waals surface area contributed by atoms with Gasteiger partial charge in [-0.1, -0.05) is 24.3 Å². The minimum absolute atomic E-state index is 0.725. The van der Waals surface area contributed by atoms with Crippen LogP contribution in [0.25, 0.3) is 0 Å². The van der Waals surface area contributed by atoms with E-state index in [2.05, 4.69) is 34.1 Å². The summed E-state index contributed by atoms with van der Waals surface area (Å²) in [6.07, 6.45) is 0. The van der Waals surface area contributed by atoms with Crippen LogP contribution in [0.5, 0.6) is 0 Å². The summed E-state index contributed by atoms with van der Waals surface area (Å²) in [6, 6.07) is 20.1. The van der Waals surface area contributed by atoms with E-state index in [-0.39, 0.29) is 0 Å². The van der Waals surface area contributed by atoms with E-state index in [0.717, 1.165) is 50.4 Å². The minimum Gasteiger partial charge on any atom is -0.297 e. The highest BCUT2D eigenvalue weighted by molar-refractivity contribution is 5.33. The summed E-state index contributed by atoms with van der Waals surface area (Å²) in [5.41, 5.74) is 3.85. The Balaban J connectivity index is 1.52. The topological polar surface area (TPSA) is 54.1 Å². The lowest BCUT2D eigenvalue weighted by Gasteiger charge is -2.34. The Morgan fingerprint density at radius 2 is 1.12 bits per heavy atom. The molecule has 1 aliphatic heterocycles. The van der Waals surface area contributed by atoms with Crippen molar-refractivity contribution in [2.24, 2.45) is 0 Å². The molecule has 0 saturated carbocycles. The van der Waals surface area contributed by atoms with Crippen molar-refractivity contribution in [3.05, 3.63) is 70.8 Å². The monoisotopic (exact) mass is 316 g/mol. The molecule has 1 saturated heterocycles. The van der Waals surface area contributed by atoms with Crippen molar-refractivity contribution in [2.75, 3.05) is 26.2 Å². The van der Waals surface area contributed by atoms with E-state index in [1.165, 1.54) is 11.1 Å². The molecule has 0 radical (unpaired) electrons. The van der Waals surface area contributed by atoms with Crippen molar-refractivity contribution in [1.29, 1.82) is 10.5 Å². The number of nitrogens with zero attached hydrogens (tertiary/aromatic N) is 4. The summed E-state index contributed by atoms with van der Waals surface area (Å²) in [4.78, 5) is 4.86. The quantitative estimate of drug-likeness (QED) is 0.870. The third-order valence-corrected chi connectivity index (χ3v) is 4.39. The van der Waals surface area contributed by atoms with Gasteiger partial charge in [0.15, 0.2) is 0 Å². The molecule has 24 heavy (non-hydrogen) atoms. The SMILES string of the molecule is N#Cc1cccc(CN2CCN(Cc3cccc(C#N)c3)CC2)c1. The van der Waals surface area contributed by atoms with Gasteiger partial charge in [-0.05, 0) is 35.4 Å². The van der Waals surface area contributed by atoms with Gasteiger partial charge in [-0.25, -0.2) is 0 Å². The lowest BCUT2D eigenvalue weighted by molar-refractivity contribution is 0.122. The summed E-state index contributed by atoms with van der Waals surface area (Å²) < 4.78 is 0. The molecule has 0 amide bonds. The Labute approximate surface area is 143 Å². The normalized spacial score (nSPS) is 15.6. The fraction of sp³-hybridized carbons (Fsp3) is 0.300. The Kier molecular flexibility index (Phi) is 5.23. The van der Waals surface area contributed by atoms with Gasteiger partial charge >= 0.3 is 0 Å². The second kappa shape index (κ2) is 7.75. The van der Waals surface area contributed by atoms with E-state index in [4.69, 9.17) is 10.5 Å². The zero-order chi connectivity index (χ0) is 16.8. The molecule has 120 valence electrons. The molecule has 2 aromatic carbocycles. The van der Waals surface area contributed by atoms with Crippen molar-refractivity contribution in [2.45, 2.75) is 13.1 Å². The van der Waals surface area contributed by atoms with E-state index in [0.29, 0.717) is 0 Å². The van der Waals surface area contributed by atoms with Crippen molar-refractivity contribution in [3.63, 3.8) is 0 Å². The standard InChI is InChI=1S/C20H20N4/c21-13-17-3-1-5-19(11-17)15-23-7-9-24(10-8-23)16-20-6-2-4-18(12-20)14-22/h1-6,11-12H,7-10,15-16H2. The van der Waals surface area contributed by atoms with Crippen LogP contribution in [0.3, 0.4) is 0 Å². The highest BCUT2D eigenvalue weighted by Gasteiger charge is 2.17. The molecule has 4 nitrogen and oxygen atoms in total. The Bertz CT molecular complexity index is 709. The molecular weight excluding hydrogens is 296 g/mol. The van der Waals surface area contributed by atoms with Gasteiger partial charge in [-0.2, -0.15) is 10.5 Å². The predicted octanol–water partition coefficient (Wildman–Crippen LogP) is 2.75. The largest absolute Gasteiger partial charge is 0.297 e. The van der Waals surface area contributed by atoms with Crippen molar-refractivity contribution >= 4 is 0 Å². The van der Waals surface area contributed by atoms with Crippen LogP contribution >= 0.6 is 0 Å². The van der Waals surface area contributed by atoms with Crippen LogP contribution < -0.4 is 0 Å². The maximum absolute atomic E-state index is 8.99. The molecule has 1 heterocycles. The van der Waals surface area contributed by atoms with Gasteiger partial charge in [-0.3, -0.25) is 9.80 Å². The second-order valence-corrected chi connectivity index (χ2v) is 6.18. The molecule has 0 aromatic heterocycles. The number of hydrogen-bond donors (Lipinski definition) is 0. The molecule has 0 unspecified atom stereocenters. The molecule has 0 spiro atoms. The number of nitriles is 2. The second-order valence-electron chi connectivity index (χ2n) is 6.18. The predicted molar refractivity (Wildman–Crippen MR) is 92.9 cm³/mol. The average molecular weight is 316 g/mol. The molecule has 0 aliphatic carbocycles. The van der Waals surface area contributed by atoms with Crippen molar-refractivity contribution in [1.82, 2.24) is 9.80 Å². The summed E-state index contributed by atoms with van der Waals surface area (Å²) in [7, 11) is 0. The molecule has 2 aromatic rings. The van der Waals surface area contributed by atoms with E-state index < -0.39 is 0 Å². The molecule has 0 bridgehead atoms. The van der Waals surface area contributed by atoms with Crippen LogP contribution in [0, 0.1) is 22.7 Å². The Morgan fingerprint density at radius 3 is 1.50 bits per heavy atom. The zero-order valence-electron chi connectivity index (χ0n) is 13.7. The highest BCUT2D eigenvalue weighted by Crippen LogP contribution is 2.13. The fourth-order valence-electron chi connectivity index (χ4n) is 3.10. The van der Waals surface area contributed by atoms with Crippen LogP contribution in [0.2, 0.25) is 0 Å². The van der Waals surface area contributed by atoms with Crippen molar-refractivity contribution in [3.8, 4) is 12.1 Å². The fourth-order valence-corrected chi connectivity index (χ4v) is 3.10. The lowest BCUT2D eigenvalue weighted by Crippen LogP contribution is -2.45. The van der Waals surface area contributed by atoms with E-state index in [9.17, 15) is 0 Å². The summed E-state index contributed by atoms with van der Waals surface area (Å²) in [5, 5.41) is 18.0. The highest BCUT2D eigenvalue weighted by atomic mass is 15.3. The molecule has 0 N–H and O–H groups in total. The van der Waals surface area contributed by atoms with Crippen LogP contribution in [-0.2, 0) is 13.1 Å². The number of benzene rings is 2. The van der Waals surface area contributed by atoms with Crippen LogP contribution in [0.15, 0.2) is 48.5 Å². The van der Waals surface area contributed by atoms with Gasteiger partial charge in [0.1, 0.15) is 0 Å². The first-order valence-electron chi connectivity index (χ1n) is 8.19. The molecule has 4 heteroatoms. The average Bonchev–Trinajstić information content (AvgIpc) is 2.64. The molecule has 0 atom stereocenters. The van der Waals surface area contributed by atoms with Gasteiger partial charge < -0.3 is 0 Å². The van der Waals surface area contributed by atoms with Crippen LogP contribution in [0.1, 0.15) is 22.3 Å². The molecule has 1 aliphatic rings. The molecule has 3 rings (SSSR count). The minimum atomic E-state index is 0.725. The molecule has 1 fully saturated rings. The third kappa shape index (κ3) is 4.20. The maximum atomic E-state index is 8.99. The third-order valence-electron chi connectivity index (χ3n) is 4.39. The number of piperazine rings is 1. The van der Waals surface area contributed by atoms with E-state index in [1.807, 2.05) is 36.4 Å². The van der Waals surface area contributed by atoms with Gasteiger partial charge in [-0.15, -0.1) is 0 Å². The van der Waals surface area contributed by atoms with Gasteiger partial charge in [0, 0.05) is 39.3 Å². The Hall–Kier alpha value is -2.66. The van der Waals surface area contributed by atoms with Gasteiger partial charge in [0.05, 0.1) is 23.3 Å². The summed E-state index contributed by atoms with van der Waals surface area (Å²) in [5.74, 6) is 0. The van der Waals surface area contributed by atoms with Gasteiger partial charge in [0.25, 0.3) is 0 Å². The van der Waals surface area contributed by atoms with Crippen LogP contribution in [0.4, 0.5) is 0 Å².